The first-order chi connectivity index (χ1) is 22.0. The third kappa shape index (κ3) is 18.9. The Kier molecular flexibility index (Phi) is 22.8. The summed E-state index contributed by atoms with van der Waals surface area (Å²) in [4.78, 5) is 38.2. The minimum absolute atomic E-state index is 0.113. The highest BCUT2D eigenvalue weighted by molar-refractivity contribution is 5.84. The van der Waals surface area contributed by atoms with E-state index >= 15 is 0 Å². The van der Waals surface area contributed by atoms with Gasteiger partial charge in [-0.1, -0.05) is 78.0 Å². The number of hydrogen-bond donors (Lipinski definition) is 4. The normalized spacial score (nSPS) is 32.4. The topological polar surface area (TPSA) is 142 Å². The van der Waals surface area contributed by atoms with Gasteiger partial charge in [0.25, 0.3) is 5.91 Å². The van der Waals surface area contributed by atoms with Gasteiger partial charge in [0.05, 0.1) is 30.8 Å². The first-order valence-electron chi connectivity index (χ1n) is 17.9. The second-order valence-corrected chi connectivity index (χ2v) is 13.5. The van der Waals surface area contributed by atoms with E-state index in [0.29, 0.717) is 62.8 Å². The van der Waals surface area contributed by atoms with Crippen LogP contribution in [0.15, 0.2) is 23.8 Å². The fourth-order valence-corrected chi connectivity index (χ4v) is 5.99. The highest BCUT2D eigenvalue weighted by Crippen LogP contribution is 2.22. The fourth-order valence-electron chi connectivity index (χ4n) is 5.99. The first-order valence-corrected chi connectivity index (χ1v) is 17.9. The molecule has 9 nitrogen and oxygen atoms in total. The molecule has 0 aromatic rings. The summed E-state index contributed by atoms with van der Waals surface area (Å²) in [5, 5.41) is 34.3. The van der Waals surface area contributed by atoms with E-state index in [1.807, 2.05) is 26.0 Å². The molecule has 0 unspecified atom stereocenters. The molecule has 1 amide bonds. The van der Waals surface area contributed by atoms with Crippen LogP contribution in [0.3, 0.4) is 0 Å². The number of hydrogen-bond acceptors (Lipinski definition) is 8. The van der Waals surface area contributed by atoms with Crippen LogP contribution >= 0.6 is 0 Å². The molecule has 4 N–H and O–H groups in total. The molecule has 1 heterocycles. The largest absolute Gasteiger partial charge is 0.452 e. The van der Waals surface area contributed by atoms with E-state index in [0.717, 1.165) is 56.9 Å². The van der Waals surface area contributed by atoms with Gasteiger partial charge in [0, 0.05) is 32.9 Å². The molecule has 0 saturated carbocycles. The Labute approximate surface area is 278 Å². The molecule has 0 saturated heterocycles. The zero-order valence-corrected chi connectivity index (χ0v) is 29.4. The van der Waals surface area contributed by atoms with Crippen molar-refractivity contribution in [1.29, 1.82) is 0 Å². The van der Waals surface area contributed by atoms with Crippen LogP contribution in [0.1, 0.15) is 130 Å². The summed E-state index contributed by atoms with van der Waals surface area (Å²) in [5.41, 5.74) is 0.975. The van der Waals surface area contributed by atoms with Gasteiger partial charge in [0.2, 0.25) is 0 Å². The minimum Gasteiger partial charge on any atom is -0.452 e. The second kappa shape index (κ2) is 25.0. The average Bonchev–Trinajstić information content (AvgIpc) is 3.02. The first kappa shape index (κ1) is 42.0. The van der Waals surface area contributed by atoms with Gasteiger partial charge in [0.15, 0.2) is 6.10 Å². The van der Waals surface area contributed by atoms with Crippen LogP contribution in [0.5, 0.6) is 0 Å². The number of methoxy groups -OCH3 is 1. The summed E-state index contributed by atoms with van der Waals surface area (Å²) in [6.45, 7) is 8.29. The van der Waals surface area contributed by atoms with Crippen molar-refractivity contribution >= 4 is 17.7 Å². The predicted octanol–water partition coefficient (Wildman–Crippen LogP) is 5.98. The zero-order valence-electron chi connectivity index (χ0n) is 29.4. The van der Waals surface area contributed by atoms with Crippen molar-refractivity contribution in [2.75, 3.05) is 20.3 Å². The highest BCUT2D eigenvalue weighted by atomic mass is 16.5. The van der Waals surface area contributed by atoms with Crippen molar-refractivity contribution in [2.24, 2.45) is 17.8 Å². The summed E-state index contributed by atoms with van der Waals surface area (Å²) >= 11 is 0. The Morgan fingerprint density at radius 3 is 2.30 bits per heavy atom. The van der Waals surface area contributed by atoms with Gasteiger partial charge in [-0.05, 0) is 68.8 Å². The van der Waals surface area contributed by atoms with Crippen LogP contribution < -0.4 is 5.32 Å². The van der Waals surface area contributed by atoms with Crippen LogP contribution in [0.4, 0.5) is 0 Å². The lowest BCUT2D eigenvalue weighted by Crippen LogP contribution is -2.43. The van der Waals surface area contributed by atoms with E-state index in [9.17, 15) is 29.7 Å². The lowest BCUT2D eigenvalue weighted by atomic mass is 9.92. The molecular formula is C37H65NO8. The van der Waals surface area contributed by atoms with Crippen LogP contribution in [0.2, 0.25) is 0 Å². The third-order valence-electron chi connectivity index (χ3n) is 8.99. The van der Waals surface area contributed by atoms with E-state index in [-0.39, 0.29) is 25.3 Å². The molecule has 0 aromatic heterocycles. The summed E-state index contributed by atoms with van der Waals surface area (Å²) in [7, 11) is 1.61. The van der Waals surface area contributed by atoms with E-state index in [1.54, 1.807) is 7.11 Å². The number of ether oxygens (including phenoxy) is 2. The molecule has 1 rings (SSSR count). The van der Waals surface area contributed by atoms with Crippen molar-refractivity contribution in [3.05, 3.63) is 23.8 Å². The number of esters is 1. The molecule has 266 valence electrons. The Morgan fingerprint density at radius 2 is 1.61 bits per heavy atom. The molecule has 0 spiro atoms. The van der Waals surface area contributed by atoms with Crippen LogP contribution in [0, 0.1) is 17.8 Å². The number of cyclic esters (lactones) is 1. The second-order valence-electron chi connectivity index (χ2n) is 13.5. The van der Waals surface area contributed by atoms with Crippen LogP contribution in [-0.4, -0.2) is 77.7 Å². The predicted molar refractivity (Wildman–Crippen MR) is 182 cm³/mol. The highest BCUT2D eigenvalue weighted by Gasteiger charge is 2.27. The Balaban J connectivity index is 2.92. The Bertz CT molecular complexity index is 919. The van der Waals surface area contributed by atoms with Crippen LogP contribution in [-0.2, 0) is 23.9 Å². The molecule has 46 heavy (non-hydrogen) atoms. The maximum Gasteiger partial charge on any atom is 0.309 e. The van der Waals surface area contributed by atoms with Crippen molar-refractivity contribution in [3.8, 4) is 0 Å². The van der Waals surface area contributed by atoms with Crippen molar-refractivity contribution in [3.63, 3.8) is 0 Å². The number of β-amino-alcohol motifs (C(OH)–C–C–N with tert-alkyl or cyclic N) is 1. The van der Waals surface area contributed by atoms with E-state index < -0.39 is 36.3 Å². The number of rotatable bonds is 5. The van der Waals surface area contributed by atoms with Gasteiger partial charge in [-0.15, -0.1) is 0 Å². The van der Waals surface area contributed by atoms with Crippen LogP contribution in [0.25, 0.3) is 0 Å². The molecule has 0 aromatic carbocycles. The number of amides is 1. The van der Waals surface area contributed by atoms with E-state index in [2.05, 4.69) is 25.2 Å². The summed E-state index contributed by atoms with van der Waals surface area (Å²) < 4.78 is 10.9. The third-order valence-corrected chi connectivity index (χ3v) is 8.99. The minimum atomic E-state index is -1.18. The quantitative estimate of drug-likeness (QED) is 0.266. The van der Waals surface area contributed by atoms with Gasteiger partial charge in [0.1, 0.15) is 5.78 Å². The lowest BCUT2D eigenvalue weighted by Gasteiger charge is -2.23. The van der Waals surface area contributed by atoms with Crippen molar-refractivity contribution < 1.29 is 39.2 Å². The number of nitrogens with one attached hydrogen (secondary N) is 1. The van der Waals surface area contributed by atoms with Gasteiger partial charge in [-0.3, -0.25) is 14.4 Å². The molecule has 0 aliphatic carbocycles. The molecule has 0 bridgehead atoms. The number of aliphatic hydroxyl groups excluding tert-OH is 3. The van der Waals surface area contributed by atoms with Gasteiger partial charge in [-0.2, -0.15) is 0 Å². The average molecular weight is 652 g/mol. The molecule has 7 atom stereocenters. The van der Waals surface area contributed by atoms with Gasteiger partial charge < -0.3 is 30.1 Å². The standard InChI is InChI=1S/C37H65NO8/c1-6-14-35-36(43)38-25-32(40)24-34(42)33(41)22-21-30(26-45-5)18-12-16-29(7-2)17-13-20-31(39)19-11-9-8-10-15-27(3)23-28(4)37(44)46-35/h12,16,18,27-29,32-35,40-42H,6-11,13-15,17,19-26H2,1-5H3,(H,38,43)/b16-12+,30-18-/t27-,28+,29-,32+,33-,34+,35+/m1/s1. The number of ketones is 1. The summed E-state index contributed by atoms with van der Waals surface area (Å²) in [5.74, 6) is -0.168. The van der Waals surface area contributed by atoms with E-state index in [4.69, 9.17) is 9.47 Å². The molecule has 9 heteroatoms. The SMILES string of the molecule is CCC[C@@H]1OC(=O)[C@@H](C)C[C@H](C)CCCCCCC(=O)CCC[C@H](CC)/C=C/C=C(\COC)CC[C@@H](O)[C@@H](O)C[C@H](O)CNC1=O. The molecule has 1 aliphatic rings. The van der Waals surface area contributed by atoms with E-state index in [1.165, 1.54) is 0 Å². The summed E-state index contributed by atoms with van der Waals surface area (Å²) in [6, 6.07) is 0. The number of aliphatic hydroxyl groups is 3. The number of carbonyl (C=O) groups excluding carboxylic acids is 3. The molecule has 0 radical (unpaired) electrons. The monoisotopic (exact) mass is 651 g/mol. The maximum atomic E-state index is 12.9. The summed E-state index contributed by atoms with van der Waals surface area (Å²) in [6.07, 6.45) is 13.4. The Morgan fingerprint density at radius 1 is 0.891 bits per heavy atom. The van der Waals surface area contributed by atoms with Gasteiger partial charge in [-0.25, -0.2) is 0 Å². The number of carbonyl (C=O) groups is 3. The maximum absolute atomic E-state index is 12.9. The fraction of sp³-hybridized carbons (Fsp3) is 0.811. The Hall–Kier alpha value is -2.07. The zero-order chi connectivity index (χ0) is 34.3. The lowest BCUT2D eigenvalue weighted by molar-refractivity contribution is -0.160. The van der Waals surface area contributed by atoms with Crippen molar-refractivity contribution in [2.45, 2.75) is 155 Å². The molecule has 0 fully saturated rings. The number of Topliss-reactive ketones (excluding diaryl/α,β-unsaturated/α-hetero) is 1. The van der Waals surface area contributed by atoms with Crippen molar-refractivity contribution in [1.82, 2.24) is 5.32 Å². The smallest absolute Gasteiger partial charge is 0.309 e. The molecular weight excluding hydrogens is 586 g/mol. The molecule has 1 aliphatic heterocycles. The van der Waals surface area contributed by atoms with Gasteiger partial charge >= 0.3 is 5.97 Å². The number of allylic oxidation sites excluding steroid dienone is 3.